The first-order valence-corrected chi connectivity index (χ1v) is 15.0. The summed E-state index contributed by atoms with van der Waals surface area (Å²) in [5.41, 5.74) is 1.90. The second kappa shape index (κ2) is 13.3. The Kier molecular flexibility index (Phi) is 9.53. The lowest BCUT2D eigenvalue weighted by Crippen LogP contribution is -2.58. The second-order valence-electron chi connectivity index (χ2n) is 11.7. The van der Waals surface area contributed by atoms with E-state index >= 15 is 0 Å². The Balaban J connectivity index is 1.28. The number of amides is 3. The number of morpholine rings is 1. The minimum atomic E-state index is -1.06. The number of fused-ring (bicyclic) bond motifs is 1. The Morgan fingerprint density at radius 2 is 1.66 bits per heavy atom. The summed E-state index contributed by atoms with van der Waals surface area (Å²) in [7, 11) is 0. The van der Waals surface area contributed by atoms with Gasteiger partial charge in [0.1, 0.15) is 11.7 Å². The van der Waals surface area contributed by atoms with E-state index in [0.717, 1.165) is 5.69 Å². The standard InChI is InChI=1S/C32H33Cl2N5O5/c1-32(2,3)44-31(42)38-18-26-28(19-38)43-27(30(41)39(26)17-20-9-10-21(33)15-25(20)34)16-29(40)35-22-11-13-24(14-12-22)37-36-23-7-5-4-6-8-23/h4-15,26-28H,16-19H2,1-3H3,(H,35,40). The van der Waals surface area contributed by atoms with Gasteiger partial charge in [-0.2, -0.15) is 10.2 Å². The first kappa shape index (κ1) is 31.4. The third kappa shape index (κ3) is 7.93. The number of nitrogens with zero attached hydrogens (tertiary/aromatic N) is 4. The Morgan fingerprint density at radius 3 is 2.32 bits per heavy atom. The molecule has 0 radical (unpaired) electrons. The monoisotopic (exact) mass is 637 g/mol. The largest absolute Gasteiger partial charge is 0.444 e. The van der Waals surface area contributed by atoms with E-state index in [0.29, 0.717) is 27.0 Å². The van der Waals surface area contributed by atoms with Crippen LogP contribution in [0.4, 0.5) is 21.9 Å². The highest BCUT2D eigenvalue weighted by Gasteiger charge is 2.49. The van der Waals surface area contributed by atoms with Crippen LogP contribution in [0.1, 0.15) is 32.8 Å². The molecular weight excluding hydrogens is 605 g/mol. The first-order chi connectivity index (χ1) is 20.9. The molecule has 0 bridgehead atoms. The van der Waals surface area contributed by atoms with Crippen LogP contribution in [0, 0.1) is 0 Å². The number of hydrogen-bond acceptors (Lipinski definition) is 7. The van der Waals surface area contributed by atoms with Crippen molar-refractivity contribution in [1.82, 2.24) is 9.80 Å². The molecular formula is C32H33Cl2N5O5. The molecule has 10 nitrogen and oxygen atoms in total. The van der Waals surface area contributed by atoms with Crippen LogP contribution in [0.15, 0.2) is 83.0 Å². The molecule has 3 amide bonds. The lowest BCUT2D eigenvalue weighted by atomic mass is 10.0. The number of nitrogens with one attached hydrogen (secondary N) is 1. The second-order valence-corrected chi connectivity index (χ2v) is 12.5. The molecule has 5 rings (SSSR count). The zero-order valence-electron chi connectivity index (χ0n) is 24.6. The number of rotatable bonds is 7. The van der Waals surface area contributed by atoms with Crippen LogP contribution in [0.3, 0.4) is 0 Å². The van der Waals surface area contributed by atoms with Crippen molar-refractivity contribution in [2.75, 3.05) is 18.4 Å². The molecule has 2 saturated heterocycles. The van der Waals surface area contributed by atoms with Crippen LogP contribution in [0.2, 0.25) is 10.0 Å². The molecule has 1 N–H and O–H groups in total. The summed E-state index contributed by atoms with van der Waals surface area (Å²) < 4.78 is 11.7. The van der Waals surface area contributed by atoms with Crippen molar-refractivity contribution in [3.63, 3.8) is 0 Å². The number of hydrogen-bond donors (Lipinski definition) is 1. The van der Waals surface area contributed by atoms with E-state index in [1.54, 1.807) is 68.1 Å². The molecule has 3 unspecified atom stereocenters. The van der Waals surface area contributed by atoms with E-state index in [-0.39, 0.29) is 32.0 Å². The topological polar surface area (TPSA) is 113 Å². The van der Waals surface area contributed by atoms with Crippen LogP contribution in [0.25, 0.3) is 0 Å². The van der Waals surface area contributed by atoms with E-state index in [1.165, 1.54) is 4.90 Å². The third-order valence-corrected chi connectivity index (χ3v) is 7.69. The molecule has 2 fully saturated rings. The van der Waals surface area contributed by atoms with Gasteiger partial charge in [-0.3, -0.25) is 9.59 Å². The summed E-state index contributed by atoms with van der Waals surface area (Å²) in [6.07, 6.45) is -2.28. The summed E-state index contributed by atoms with van der Waals surface area (Å²) in [4.78, 5) is 42.9. The van der Waals surface area contributed by atoms with Gasteiger partial charge in [-0.05, 0) is 74.9 Å². The maximum Gasteiger partial charge on any atom is 0.410 e. The Morgan fingerprint density at radius 1 is 0.977 bits per heavy atom. The molecule has 3 aromatic rings. The third-order valence-electron chi connectivity index (χ3n) is 7.10. The minimum Gasteiger partial charge on any atom is -0.444 e. The maximum absolute atomic E-state index is 13.8. The van der Waals surface area contributed by atoms with Crippen molar-refractivity contribution in [2.24, 2.45) is 10.2 Å². The summed E-state index contributed by atoms with van der Waals surface area (Å²) in [5, 5.41) is 12.1. The lowest BCUT2D eigenvalue weighted by molar-refractivity contribution is -0.169. The molecule has 0 spiro atoms. The van der Waals surface area contributed by atoms with Crippen LogP contribution in [-0.4, -0.2) is 64.6 Å². The molecule has 3 atom stereocenters. The molecule has 0 saturated carbocycles. The SMILES string of the molecule is CC(C)(C)OC(=O)N1CC2OC(CC(=O)Nc3ccc(N=Nc4ccccc4)cc3)C(=O)N(Cc3ccc(Cl)cc3Cl)C2C1. The predicted octanol–water partition coefficient (Wildman–Crippen LogP) is 7.15. The quantitative estimate of drug-likeness (QED) is 0.276. The van der Waals surface area contributed by atoms with E-state index in [9.17, 15) is 14.4 Å². The van der Waals surface area contributed by atoms with Crippen LogP contribution in [-0.2, 0) is 25.6 Å². The number of azo groups is 1. The number of carbonyl (C=O) groups is 3. The van der Waals surface area contributed by atoms with Gasteiger partial charge in [-0.25, -0.2) is 4.79 Å². The van der Waals surface area contributed by atoms with Gasteiger partial charge in [-0.1, -0.05) is 47.5 Å². The maximum atomic E-state index is 13.8. The first-order valence-electron chi connectivity index (χ1n) is 14.2. The van der Waals surface area contributed by atoms with Crippen molar-refractivity contribution in [1.29, 1.82) is 0 Å². The minimum absolute atomic E-state index is 0.165. The molecule has 3 aromatic carbocycles. The zero-order chi connectivity index (χ0) is 31.4. The van der Waals surface area contributed by atoms with E-state index in [1.807, 2.05) is 30.3 Å². The van der Waals surface area contributed by atoms with Gasteiger partial charge in [0.15, 0.2) is 0 Å². The van der Waals surface area contributed by atoms with Crippen molar-refractivity contribution in [2.45, 2.75) is 57.6 Å². The van der Waals surface area contributed by atoms with Crippen molar-refractivity contribution < 1.29 is 23.9 Å². The van der Waals surface area contributed by atoms with Gasteiger partial charge in [0.05, 0.1) is 36.5 Å². The summed E-state index contributed by atoms with van der Waals surface area (Å²) in [5.74, 6) is -0.762. The number of benzene rings is 3. The molecule has 2 aliphatic rings. The number of anilines is 1. The van der Waals surface area contributed by atoms with Gasteiger partial charge in [-0.15, -0.1) is 0 Å². The highest BCUT2D eigenvalue weighted by atomic mass is 35.5. The fraction of sp³-hybridized carbons (Fsp3) is 0.344. The van der Waals surface area contributed by atoms with Gasteiger partial charge in [0.25, 0.3) is 5.91 Å². The molecule has 0 aromatic heterocycles. The average molecular weight is 639 g/mol. The smallest absolute Gasteiger partial charge is 0.410 e. The number of likely N-dealkylation sites (tertiary alicyclic amines) is 1. The van der Waals surface area contributed by atoms with Gasteiger partial charge in [0, 0.05) is 28.8 Å². The number of halogens is 2. The summed E-state index contributed by atoms with van der Waals surface area (Å²) >= 11 is 12.5. The fourth-order valence-electron chi connectivity index (χ4n) is 5.05. The van der Waals surface area contributed by atoms with E-state index in [4.69, 9.17) is 32.7 Å². The molecule has 0 aliphatic carbocycles. The average Bonchev–Trinajstić information content (AvgIpc) is 3.40. The molecule has 2 heterocycles. The Labute approximate surface area is 265 Å². The van der Waals surface area contributed by atoms with Crippen LogP contribution in [0.5, 0.6) is 0 Å². The van der Waals surface area contributed by atoms with Gasteiger partial charge < -0.3 is 24.6 Å². The number of carbonyl (C=O) groups excluding carboxylic acids is 3. The summed E-state index contributed by atoms with van der Waals surface area (Å²) in [6, 6.07) is 20.9. The van der Waals surface area contributed by atoms with Gasteiger partial charge >= 0.3 is 6.09 Å². The van der Waals surface area contributed by atoms with Gasteiger partial charge in [0.2, 0.25) is 5.91 Å². The highest BCUT2D eigenvalue weighted by Crippen LogP contribution is 2.32. The Bertz CT molecular complexity index is 1540. The molecule has 44 heavy (non-hydrogen) atoms. The zero-order valence-corrected chi connectivity index (χ0v) is 26.1. The van der Waals surface area contributed by atoms with E-state index in [2.05, 4.69) is 15.5 Å². The van der Waals surface area contributed by atoms with Crippen molar-refractivity contribution in [3.8, 4) is 0 Å². The molecule has 230 valence electrons. The Hall–Kier alpha value is -3.99. The van der Waals surface area contributed by atoms with Crippen molar-refractivity contribution >= 4 is 58.2 Å². The molecule has 12 heteroatoms. The predicted molar refractivity (Wildman–Crippen MR) is 168 cm³/mol. The van der Waals surface area contributed by atoms with Crippen molar-refractivity contribution in [3.05, 3.63) is 88.4 Å². The number of ether oxygens (including phenoxy) is 2. The van der Waals surface area contributed by atoms with Crippen LogP contribution >= 0.6 is 23.2 Å². The summed E-state index contributed by atoms with van der Waals surface area (Å²) in [6.45, 7) is 5.98. The fourth-order valence-corrected chi connectivity index (χ4v) is 5.52. The normalized spacial score (nSPS) is 20.1. The van der Waals surface area contributed by atoms with E-state index < -0.39 is 35.9 Å². The highest BCUT2D eigenvalue weighted by molar-refractivity contribution is 6.35. The lowest BCUT2D eigenvalue weighted by Gasteiger charge is -2.40. The molecule has 2 aliphatic heterocycles. The van der Waals surface area contributed by atoms with Crippen LogP contribution < -0.4 is 5.32 Å².